The number of benzene rings is 1. The smallest absolute Gasteiger partial charge is 0.417 e. The maximum absolute atomic E-state index is 11.9. The number of alkyl halides is 1. The number of amides is 2. The van der Waals surface area contributed by atoms with Gasteiger partial charge in [0, 0.05) is 0 Å². The average Bonchev–Trinajstić information content (AvgIpc) is 2.71. The molecule has 96 valence electrons. The number of hydrogen-bond acceptors (Lipinski definition) is 3. The van der Waals surface area contributed by atoms with Gasteiger partial charge in [-0.15, -0.1) is 0 Å². The molecule has 0 bridgehead atoms. The van der Waals surface area contributed by atoms with Crippen LogP contribution in [0.15, 0.2) is 30.3 Å². The minimum Gasteiger partial charge on any atom is -0.447 e. The summed E-state index contributed by atoms with van der Waals surface area (Å²) in [5.41, 5.74) is 1.08. The molecule has 0 aliphatic carbocycles. The van der Waals surface area contributed by atoms with Crippen molar-refractivity contribution in [1.82, 2.24) is 4.90 Å². The van der Waals surface area contributed by atoms with Gasteiger partial charge in [0.25, 0.3) is 0 Å². The lowest BCUT2D eigenvalue weighted by Gasteiger charge is -2.20. The third kappa shape index (κ3) is 2.72. The second kappa shape index (κ2) is 5.52. The maximum atomic E-state index is 11.9. The third-order valence-electron chi connectivity index (χ3n) is 2.85. The van der Waals surface area contributed by atoms with Crippen molar-refractivity contribution >= 4 is 27.9 Å². The summed E-state index contributed by atoms with van der Waals surface area (Å²) >= 11 is 3.19. The fourth-order valence-corrected chi connectivity index (χ4v) is 2.18. The van der Waals surface area contributed by atoms with Crippen LogP contribution in [0.1, 0.15) is 12.5 Å². The monoisotopic (exact) mass is 311 g/mol. The van der Waals surface area contributed by atoms with E-state index in [1.54, 1.807) is 6.92 Å². The summed E-state index contributed by atoms with van der Waals surface area (Å²) in [6.45, 7) is 1.96. The summed E-state index contributed by atoms with van der Waals surface area (Å²) in [6, 6.07) is 9.54. The van der Waals surface area contributed by atoms with Crippen LogP contribution < -0.4 is 0 Å². The van der Waals surface area contributed by atoms with E-state index in [4.69, 9.17) is 4.74 Å². The molecule has 1 aliphatic heterocycles. The highest BCUT2D eigenvalue weighted by molar-refractivity contribution is 9.10. The highest BCUT2D eigenvalue weighted by atomic mass is 79.9. The van der Waals surface area contributed by atoms with E-state index in [0.29, 0.717) is 6.42 Å². The van der Waals surface area contributed by atoms with Gasteiger partial charge in [0.2, 0.25) is 5.91 Å². The molecule has 1 aromatic carbocycles. The van der Waals surface area contributed by atoms with Gasteiger partial charge in [0.05, 0.1) is 10.9 Å². The molecule has 2 atom stereocenters. The number of halogens is 1. The van der Waals surface area contributed by atoms with Crippen molar-refractivity contribution in [2.24, 2.45) is 0 Å². The second-order valence-corrected chi connectivity index (χ2v) is 5.62. The number of carbonyl (C=O) groups is 2. The lowest BCUT2D eigenvalue weighted by atomic mass is 10.1. The van der Waals surface area contributed by atoms with Crippen molar-refractivity contribution in [3.05, 3.63) is 35.9 Å². The van der Waals surface area contributed by atoms with Crippen LogP contribution in [0.25, 0.3) is 0 Å². The largest absolute Gasteiger partial charge is 0.447 e. The van der Waals surface area contributed by atoms with Crippen molar-refractivity contribution < 1.29 is 14.3 Å². The fourth-order valence-electron chi connectivity index (χ4n) is 1.96. The summed E-state index contributed by atoms with van der Waals surface area (Å²) < 4.78 is 4.97. The Bertz CT molecular complexity index is 447. The van der Waals surface area contributed by atoms with Crippen LogP contribution in [0.4, 0.5) is 4.79 Å². The predicted molar refractivity (Wildman–Crippen MR) is 70.5 cm³/mol. The van der Waals surface area contributed by atoms with Crippen molar-refractivity contribution in [1.29, 1.82) is 0 Å². The second-order valence-electron chi connectivity index (χ2n) is 4.24. The number of hydrogen-bond donors (Lipinski definition) is 0. The number of imide groups is 1. The number of ether oxygens (including phenoxy) is 1. The van der Waals surface area contributed by atoms with Gasteiger partial charge < -0.3 is 4.74 Å². The molecular weight excluding hydrogens is 298 g/mol. The zero-order chi connectivity index (χ0) is 13.1. The van der Waals surface area contributed by atoms with E-state index in [0.717, 1.165) is 5.56 Å². The SMILES string of the molecule is C[C@@H](Br)C(=O)N1C(=O)OC[C@H]1Cc1ccccc1. The number of cyclic esters (lactones) is 1. The van der Waals surface area contributed by atoms with E-state index >= 15 is 0 Å². The Labute approximate surface area is 114 Å². The van der Waals surface area contributed by atoms with Crippen LogP contribution in [0.5, 0.6) is 0 Å². The topological polar surface area (TPSA) is 46.6 Å². The van der Waals surface area contributed by atoms with Gasteiger partial charge in [-0.25, -0.2) is 9.69 Å². The van der Waals surface area contributed by atoms with Crippen LogP contribution in [-0.4, -0.2) is 34.4 Å². The van der Waals surface area contributed by atoms with Crippen molar-refractivity contribution in [2.75, 3.05) is 6.61 Å². The van der Waals surface area contributed by atoms with Crippen LogP contribution in [0, 0.1) is 0 Å². The van der Waals surface area contributed by atoms with Gasteiger partial charge in [-0.1, -0.05) is 46.3 Å². The van der Waals surface area contributed by atoms with Crippen molar-refractivity contribution in [2.45, 2.75) is 24.2 Å². The summed E-state index contributed by atoms with van der Waals surface area (Å²) in [4.78, 5) is 24.3. The Morgan fingerprint density at radius 3 is 2.78 bits per heavy atom. The van der Waals surface area contributed by atoms with E-state index < -0.39 is 6.09 Å². The molecule has 1 aromatic rings. The fraction of sp³-hybridized carbons (Fsp3) is 0.385. The van der Waals surface area contributed by atoms with Crippen LogP contribution >= 0.6 is 15.9 Å². The first-order valence-corrected chi connectivity index (χ1v) is 6.69. The lowest BCUT2D eigenvalue weighted by molar-refractivity contribution is -0.128. The standard InChI is InChI=1S/C13H14BrNO3/c1-9(14)12(16)15-11(8-18-13(15)17)7-10-5-3-2-4-6-10/h2-6,9,11H,7-8H2,1H3/t9-,11-/m1/s1. The molecule has 4 nitrogen and oxygen atoms in total. The van der Waals surface area contributed by atoms with Gasteiger partial charge in [0.15, 0.2) is 0 Å². The molecule has 1 aliphatic rings. The maximum Gasteiger partial charge on any atom is 0.417 e. The number of nitrogens with zero attached hydrogens (tertiary/aromatic N) is 1. The molecule has 0 unspecified atom stereocenters. The first kappa shape index (κ1) is 13.1. The summed E-state index contributed by atoms with van der Waals surface area (Å²) in [5.74, 6) is -0.251. The van der Waals surface area contributed by atoms with Gasteiger partial charge in [-0.2, -0.15) is 0 Å². The molecular formula is C13H14BrNO3. The molecule has 0 radical (unpaired) electrons. The molecule has 18 heavy (non-hydrogen) atoms. The zero-order valence-corrected chi connectivity index (χ0v) is 11.6. The van der Waals surface area contributed by atoms with E-state index in [9.17, 15) is 9.59 Å². The molecule has 2 amide bonds. The molecule has 0 spiro atoms. The number of carbonyl (C=O) groups excluding carboxylic acids is 2. The first-order chi connectivity index (χ1) is 8.59. The van der Waals surface area contributed by atoms with Crippen molar-refractivity contribution in [3.8, 4) is 0 Å². The lowest BCUT2D eigenvalue weighted by Crippen LogP contribution is -2.43. The van der Waals surface area contributed by atoms with E-state index in [2.05, 4.69) is 15.9 Å². The molecule has 0 saturated carbocycles. The molecule has 1 fully saturated rings. The Morgan fingerprint density at radius 2 is 2.17 bits per heavy atom. The van der Waals surface area contributed by atoms with Crippen LogP contribution in [0.3, 0.4) is 0 Å². The van der Waals surface area contributed by atoms with Gasteiger partial charge in [-0.05, 0) is 18.9 Å². The molecule has 1 saturated heterocycles. The normalized spacial score (nSPS) is 20.7. The minimum atomic E-state index is -0.549. The highest BCUT2D eigenvalue weighted by Crippen LogP contribution is 2.19. The molecule has 0 N–H and O–H groups in total. The third-order valence-corrected chi connectivity index (χ3v) is 3.24. The van der Waals surface area contributed by atoms with Gasteiger partial charge in [-0.3, -0.25) is 4.79 Å². The predicted octanol–water partition coefficient (Wildman–Crippen LogP) is 2.36. The van der Waals surface area contributed by atoms with Crippen molar-refractivity contribution in [3.63, 3.8) is 0 Å². The number of rotatable bonds is 3. The summed E-state index contributed by atoms with van der Waals surface area (Å²) in [6.07, 6.45) is 0.0742. The molecule has 5 heteroatoms. The minimum absolute atomic E-state index is 0.215. The Hall–Kier alpha value is -1.36. The van der Waals surface area contributed by atoms with E-state index in [1.165, 1.54) is 4.90 Å². The van der Waals surface area contributed by atoms with Crippen LogP contribution in [-0.2, 0) is 16.0 Å². The summed E-state index contributed by atoms with van der Waals surface area (Å²) in [7, 11) is 0. The summed E-state index contributed by atoms with van der Waals surface area (Å²) in [5, 5.41) is 0. The quantitative estimate of drug-likeness (QED) is 0.805. The highest BCUT2D eigenvalue weighted by Gasteiger charge is 2.38. The Morgan fingerprint density at radius 1 is 1.50 bits per heavy atom. The Balaban J connectivity index is 2.12. The zero-order valence-electron chi connectivity index (χ0n) is 10.0. The van der Waals surface area contributed by atoms with E-state index in [1.807, 2.05) is 30.3 Å². The molecule has 1 heterocycles. The molecule has 2 rings (SSSR count). The van der Waals surface area contributed by atoms with Gasteiger partial charge in [0.1, 0.15) is 6.61 Å². The average molecular weight is 312 g/mol. The van der Waals surface area contributed by atoms with E-state index in [-0.39, 0.29) is 23.4 Å². The molecule has 0 aromatic heterocycles. The first-order valence-electron chi connectivity index (χ1n) is 5.77. The van der Waals surface area contributed by atoms with Gasteiger partial charge >= 0.3 is 6.09 Å². The Kier molecular flexibility index (Phi) is 4.01. The van der Waals surface area contributed by atoms with Crippen LogP contribution in [0.2, 0.25) is 0 Å².